The Bertz CT molecular complexity index is 393. The molecule has 6 atom stereocenters. The summed E-state index contributed by atoms with van der Waals surface area (Å²) < 4.78 is 16.0. The van der Waals surface area contributed by atoms with E-state index in [2.05, 4.69) is 0 Å². The zero-order valence-corrected chi connectivity index (χ0v) is 11.3. The van der Waals surface area contributed by atoms with Gasteiger partial charge in [0, 0.05) is 13.8 Å². The van der Waals surface area contributed by atoms with Crippen molar-refractivity contribution in [3.8, 4) is 0 Å². The van der Waals surface area contributed by atoms with Crippen molar-refractivity contribution in [1.82, 2.24) is 0 Å². The Kier molecular flexibility index (Phi) is 3.25. The van der Waals surface area contributed by atoms with Crippen LogP contribution in [0.4, 0.5) is 0 Å². The number of hydrogen-bond donors (Lipinski definition) is 0. The normalized spacial score (nSPS) is 42.4. The number of ether oxygens (including phenoxy) is 3. The fraction of sp³-hybridized carbons (Fsp3) is 0.857. The number of esters is 2. The minimum Gasteiger partial charge on any atom is -0.466 e. The molecule has 0 bridgehead atoms. The van der Waals surface area contributed by atoms with Gasteiger partial charge in [-0.1, -0.05) is 0 Å². The van der Waals surface area contributed by atoms with Crippen LogP contribution in [-0.2, 0) is 23.8 Å². The highest BCUT2D eigenvalue weighted by molar-refractivity contribution is 5.66. The zero-order chi connectivity index (χ0) is 13.6. The summed E-state index contributed by atoms with van der Waals surface area (Å²) in [4.78, 5) is 21.9. The highest BCUT2D eigenvalue weighted by Gasteiger charge is 2.62. The van der Waals surface area contributed by atoms with E-state index in [4.69, 9.17) is 14.2 Å². The maximum absolute atomic E-state index is 11.0. The lowest BCUT2D eigenvalue weighted by Gasteiger charge is -2.20. The van der Waals surface area contributed by atoms with Crippen LogP contribution in [0, 0.1) is 23.7 Å². The van der Waals surface area contributed by atoms with Crippen molar-refractivity contribution in [2.75, 3.05) is 13.2 Å². The van der Waals surface area contributed by atoms with Gasteiger partial charge in [0.2, 0.25) is 0 Å². The van der Waals surface area contributed by atoms with Crippen molar-refractivity contribution >= 4 is 11.9 Å². The van der Waals surface area contributed by atoms with E-state index in [1.807, 2.05) is 0 Å². The fourth-order valence-electron chi connectivity index (χ4n) is 4.02. The van der Waals surface area contributed by atoms with Gasteiger partial charge in [0.25, 0.3) is 0 Å². The molecule has 19 heavy (non-hydrogen) atoms. The third-order valence-corrected chi connectivity index (χ3v) is 4.76. The molecule has 0 radical (unpaired) electrons. The van der Waals surface area contributed by atoms with Crippen LogP contribution in [0.15, 0.2) is 0 Å². The number of fused-ring (bicyclic) bond motifs is 3. The first-order valence-electron chi connectivity index (χ1n) is 6.98. The van der Waals surface area contributed by atoms with Crippen LogP contribution in [-0.4, -0.2) is 37.4 Å². The summed E-state index contributed by atoms with van der Waals surface area (Å²) in [5, 5.41) is 0. The van der Waals surface area contributed by atoms with Gasteiger partial charge < -0.3 is 14.2 Å². The van der Waals surface area contributed by atoms with Gasteiger partial charge in [0.15, 0.2) is 0 Å². The Morgan fingerprint density at radius 3 is 2.32 bits per heavy atom. The highest BCUT2D eigenvalue weighted by atomic mass is 16.6. The summed E-state index contributed by atoms with van der Waals surface area (Å²) in [6, 6.07) is 0. The Balaban J connectivity index is 1.62. The summed E-state index contributed by atoms with van der Waals surface area (Å²) >= 11 is 0. The quantitative estimate of drug-likeness (QED) is 0.565. The van der Waals surface area contributed by atoms with E-state index in [0.29, 0.717) is 49.1 Å². The number of rotatable bonds is 4. The van der Waals surface area contributed by atoms with E-state index in [-0.39, 0.29) is 11.9 Å². The molecule has 0 unspecified atom stereocenters. The second kappa shape index (κ2) is 4.78. The molecule has 5 nitrogen and oxygen atoms in total. The third-order valence-electron chi connectivity index (χ3n) is 4.76. The predicted molar refractivity (Wildman–Crippen MR) is 65.1 cm³/mol. The molecule has 2 aliphatic carbocycles. The van der Waals surface area contributed by atoms with Gasteiger partial charge in [-0.2, -0.15) is 0 Å². The van der Waals surface area contributed by atoms with Crippen molar-refractivity contribution in [2.45, 2.75) is 38.9 Å². The maximum atomic E-state index is 11.0. The van der Waals surface area contributed by atoms with E-state index in [9.17, 15) is 9.59 Å². The molecule has 3 fully saturated rings. The van der Waals surface area contributed by atoms with Gasteiger partial charge in [0.05, 0.1) is 25.4 Å². The molecular weight excluding hydrogens is 248 g/mol. The third kappa shape index (κ3) is 2.48. The van der Waals surface area contributed by atoms with Gasteiger partial charge in [-0.25, -0.2) is 0 Å². The summed E-state index contributed by atoms with van der Waals surface area (Å²) in [5.41, 5.74) is 0. The van der Waals surface area contributed by atoms with Gasteiger partial charge in [-0.15, -0.1) is 0 Å². The second-order valence-electron chi connectivity index (χ2n) is 5.98. The van der Waals surface area contributed by atoms with Crippen LogP contribution in [0.25, 0.3) is 0 Å². The van der Waals surface area contributed by atoms with Crippen molar-refractivity contribution in [3.05, 3.63) is 0 Å². The topological polar surface area (TPSA) is 65.1 Å². The monoisotopic (exact) mass is 268 g/mol. The number of carbonyl (C=O) groups excluding carboxylic acids is 2. The number of epoxide rings is 1. The van der Waals surface area contributed by atoms with Gasteiger partial charge >= 0.3 is 11.9 Å². The molecule has 3 aliphatic rings. The first-order valence-corrected chi connectivity index (χ1v) is 6.98. The Hall–Kier alpha value is -1.10. The van der Waals surface area contributed by atoms with Crippen LogP contribution in [0.1, 0.15) is 26.7 Å². The minimum absolute atomic E-state index is 0.223. The van der Waals surface area contributed by atoms with Gasteiger partial charge in [-0.3, -0.25) is 9.59 Å². The van der Waals surface area contributed by atoms with E-state index in [0.717, 1.165) is 12.8 Å². The molecule has 1 saturated heterocycles. The second-order valence-corrected chi connectivity index (χ2v) is 5.98. The summed E-state index contributed by atoms with van der Waals surface area (Å²) in [5.74, 6) is 1.33. The van der Waals surface area contributed by atoms with Crippen LogP contribution < -0.4 is 0 Å². The van der Waals surface area contributed by atoms with E-state index < -0.39 is 0 Å². The van der Waals surface area contributed by atoms with Crippen LogP contribution in [0.5, 0.6) is 0 Å². The fourth-order valence-corrected chi connectivity index (χ4v) is 4.02. The summed E-state index contributed by atoms with van der Waals surface area (Å²) in [6.45, 7) is 3.85. The molecule has 0 aromatic heterocycles. The molecule has 0 spiro atoms. The largest absolute Gasteiger partial charge is 0.466 e. The summed E-state index contributed by atoms with van der Waals surface area (Å²) in [6.07, 6.45) is 2.78. The SMILES string of the molecule is CC(=O)OC[C@H]1C[C@@H](COC(C)=O)[C@@H]2[C@H]1C[C@H]1O[C@@H]21. The smallest absolute Gasteiger partial charge is 0.302 e. The number of carbonyl (C=O) groups is 2. The Morgan fingerprint density at radius 1 is 1.05 bits per heavy atom. The summed E-state index contributed by atoms with van der Waals surface area (Å²) in [7, 11) is 0. The van der Waals surface area contributed by atoms with E-state index >= 15 is 0 Å². The first kappa shape index (κ1) is 12.9. The number of hydrogen-bond acceptors (Lipinski definition) is 5. The molecule has 1 aliphatic heterocycles. The average molecular weight is 268 g/mol. The molecule has 0 N–H and O–H groups in total. The van der Waals surface area contributed by atoms with Crippen molar-refractivity contribution < 1.29 is 23.8 Å². The van der Waals surface area contributed by atoms with Crippen molar-refractivity contribution in [1.29, 1.82) is 0 Å². The first-order chi connectivity index (χ1) is 9.06. The molecular formula is C14H20O5. The van der Waals surface area contributed by atoms with Crippen LogP contribution in [0.2, 0.25) is 0 Å². The Morgan fingerprint density at radius 2 is 1.68 bits per heavy atom. The van der Waals surface area contributed by atoms with Crippen molar-refractivity contribution in [2.24, 2.45) is 23.7 Å². The Labute approximate surface area is 112 Å². The maximum Gasteiger partial charge on any atom is 0.302 e. The molecule has 0 amide bonds. The van der Waals surface area contributed by atoms with Gasteiger partial charge in [-0.05, 0) is 36.5 Å². The molecule has 106 valence electrons. The molecule has 3 rings (SSSR count). The van der Waals surface area contributed by atoms with E-state index in [1.165, 1.54) is 13.8 Å². The lowest BCUT2D eigenvalue weighted by molar-refractivity contribution is -0.143. The molecule has 5 heteroatoms. The molecule has 0 aromatic carbocycles. The average Bonchev–Trinajstić information content (AvgIpc) is 2.86. The van der Waals surface area contributed by atoms with Crippen LogP contribution >= 0.6 is 0 Å². The van der Waals surface area contributed by atoms with Gasteiger partial charge in [0.1, 0.15) is 0 Å². The molecule has 2 saturated carbocycles. The highest BCUT2D eigenvalue weighted by Crippen LogP contribution is 2.58. The van der Waals surface area contributed by atoms with Crippen molar-refractivity contribution in [3.63, 3.8) is 0 Å². The molecule has 1 heterocycles. The standard InChI is InChI=1S/C14H20O5/c1-7(15)17-5-9-3-10(6-18-8(2)16)13-11(9)4-12-14(13)19-12/h9-14H,3-6H2,1-2H3/t9-,10+,11+,12-,13-,14-/m1/s1. The molecule has 0 aromatic rings. The lowest BCUT2D eigenvalue weighted by Crippen LogP contribution is -2.23. The van der Waals surface area contributed by atoms with E-state index in [1.54, 1.807) is 0 Å². The van der Waals surface area contributed by atoms with Crippen LogP contribution in [0.3, 0.4) is 0 Å². The lowest BCUT2D eigenvalue weighted by atomic mass is 9.89. The predicted octanol–water partition coefficient (Wildman–Crippen LogP) is 1.15. The minimum atomic E-state index is -0.230. The zero-order valence-electron chi connectivity index (χ0n) is 11.3.